The summed E-state index contributed by atoms with van der Waals surface area (Å²) in [5.41, 5.74) is 2.70. The van der Waals surface area contributed by atoms with Crippen molar-refractivity contribution in [1.82, 2.24) is 9.97 Å². The van der Waals surface area contributed by atoms with Crippen LogP contribution in [0.2, 0.25) is 0 Å². The van der Waals surface area contributed by atoms with E-state index in [0.29, 0.717) is 29.7 Å². The molecule has 2 N–H and O–H groups in total. The number of rotatable bonds is 8. The summed E-state index contributed by atoms with van der Waals surface area (Å²) in [5, 5.41) is 14.2. The number of benzene rings is 3. The van der Waals surface area contributed by atoms with Gasteiger partial charge in [0.1, 0.15) is 5.69 Å². The molecule has 1 unspecified atom stereocenters. The fourth-order valence-electron chi connectivity index (χ4n) is 3.64. The number of aromatic nitrogens is 2. The number of sulfone groups is 1. The van der Waals surface area contributed by atoms with Crippen molar-refractivity contribution in [1.29, 1.82) is 5.26 Å². The number of hydrogen-bond acceptors (Lipinski definition) is 7. The van der Waals surface area contributed by atoms with Crippen molar-refractivity contribution in [2.75, 3.05) is 17.2 Å². The fraction of sp³-hybridized carbons (Fsp3) is 0.154. The zero-order valence-corrected chi connectivity index (χ0v) is 19.8. The second-order valence-electron chi connectivity index (χ2n) is 7.87. The van der Waals surface area contributed by atoms with Crippen LogP contribution in [0.25, 0.3) is 11.0 Å². The predicted molar refractivity (Wildman–Crippen MR) is 134 cm³/mol. The maximum absolute atomic E-state index is 13.5. The molecule has 0 aliphatic heterocycles. The number of anilines is 2. The molecule has 0 aliphatic carbocycles. The Bertz CT molecular complexity index is 1500. The number of hydrogen-bond donors (Lipinski definition) is 2. The van der Waals surface area contributed by atoms with Gasteiger partial charge in [-0.25, -0.2) is 18.4 Å². The fourth-order valence-corrected chi connectivity index (χ4v) is 5.03. The minimum absolute atomic E-state index is 0.0465. The van der Waals surface area contributed by atoms with Gasteiger partial charge < -0.3 is 10.6 Å². The molecule has 0 saturated carbocycles. The zero-order valence-electron chi connectivity index (χ0n) is 19.0. The minimum atomic E-state index is -4.13. The zero-order chi connectivity index (χ0) is 24.8. The Morgan fingerprint density at radius 3 is 2.20 bits per heavy atom. The lowest BCUT2D eigenvalue weighted by molar-refractivity contribution is -0.114. The molecule has 1 amide bonds. The van der Waals surface area contributed by atoms with Gasteiger partial charge in [-0.05, 0) is 48.4 Å². The van der Waals surface area contributed by atoms with E-state index < -0.39 is 15.1 Å². The van der Waals surface area contributed by atoms with Gasteiger partial charge in [0, 0.05) is 19.2 Å². The number of nitriles is 1. The van der Waals surface area contributed by atoms with Crippen molar-refractivity contribution in [3.8, 4) is 6.07 Å². The van der Waals surface area contributed by atoms with Crippen LogP contribution in [0, 0.1) is 11.3 Å². The van der Waals surface area contributed by atoms with E-state index in [1.807, 2.05) is 42.5 Å². The van der Waals surface area contributed by atoms with Gasteiger partial charge >= 0.3 is 0 Å². The van der Waals surface area contributed by atoms with E-state index in [1.165, 1.54) is 31.2 Å². The van der Waals surface area contributed by atoms with Gasteiger partial charge in [0.2, 0.25) is 15.7 Å². The van der Waals surface area contributed by atoms with Crippen LogP contribution in [-0.2, 0) is 21.1 Å². The second kappa shape index (κ2) is 10.3. The molecule has 0 radical (unpaired) electrons. The average Bonchev–Trinajstić information content (AvgIpc) is 2.85. The second-order valence-corrected chi connectivity index (χ2v) is 9.90. The van der Waals surface area contributed by atoms with Crippen molar-refractivity contribution >= 4 is 38.3 Å². The molecule has 0 aliphatic rings. The normalized spacial score (nSPS) is 12.0. The van der Waals surface area contributed by atoms with E-state index in [-0.39, 0.29) is 22.3 Å². The van der Waals surface area contributed by atoms with Gasteiger partial charge in [-0.2, -0.15) is 5.26 Å². The third-order valence-corrected chi connectivity index (χ3v) is 7.20. The first kappa shape index (κ1) is 23.9. The van der Waals surface area contributed by atoms with E-state index in [4.69, 9.17) is 0 Å². The third kappa shape index (κ3) is 5.45. The Labute approximate surface area is 203 Å². The molecule has 3 aromatic carbocycles. The maximum Gasteiger partial charge on any atom is 0.221 e. The van der Waals surface area contributed by atoms with Crippen molar-refractivity contribution in [2.24, 2.45) is 0 Å². The highest BCUT2D eigenvalue weighted by Gasteiger charge is 2.33. The summed E-state index contributed by atoms with van der Waals surface area (Å²) in [6.07, 6.45) is 0.684. The average molecular weight is 486 g/mol. The number of carbonyl (C=O) groups is 1. The Balaban J connectivity index is 1.70. The predicted octanol–water partition coefficient (Wildman–Crippen LogP) is 4.28. The molecule has 0 fully saturated rings. The third-order valence-electron chi connectivity index (χ3n) is 5.33. The molecule has 4 aromatic rings. The number of fused-ring (bicyclic) bond motifs is 1. The lowest BCUT2D eigenvalue weighted by Gasteiger charge is -2.16. The molecule has 8 nitrogen and oxygen atoms in total. The summed E-state index contributed by atoms with van der Waals surface area (Å²) < 4.78 is 27.0. The lowest BCUT2D eigenvalue weighted by atomic mass is 10.1. The minimum Gasteiger partial charge on any atom is -0.368 e. The topological polar surface area (TPSA) is 125 Å². The van der Waals surface area contributed by atoms with Gasteiger partial charge in [0.15, 0.2) is 11.1 Å². The van der Waals surface area contributed by atoms with Gasteiger partial charge in [0.25, 0.3) is 0 Å². The van der Waals surface area contributed by atoms with Crippen LogP contribution in [0.1, 0.15) is 23.4 Å². The number of para-hydroxylation sites is 2. The Morgan fingerprint density at radius 1 is 0.943 bits per heavy atom. The van der Waals surface area contributed by atoms with Gasteiger partial charge in [-0.1, -0.05) is 42.5 Å². The number of nitrogens with one attached hydrogen (secondary N) is 2. The van der Waals surface area contributed by atoms with Crippen LogP contribution in [0.15, 0.2) is 83.8 Å². The molecule has 1 atom stereocenters. The van der Waals surface area contributed by atoms with Crippen molar-refractivity contribution in [2.45, 2.75) is 23.5 Å². The summed E-state index contributed by atoms with van der Waals surface area (Å²) in [6, 6.07) is 24.6. The van der Waals surface area contributed by atoms with Gasteiger partial charge in [-0.15, -0.1) is 0 Å². The summed E-state index contributed by atoms with van der Waals surface area (Å²) in [7, 11) is -4.13. The monoisotopic (exact) mass is 485 g/mol. The molecule has 35 heavy (non-hydrogen) atoms. The van der Waals surface area contributed by atoms with E-state index in [1.54, 1.807) is 18.2 Å². The maximum atomic E-state index is 13.5. The van der Waals surface area contributed by atoms with E-state index >= 15 is 0 Å². The summed E-state index contributed by atoms with van der Waals surface area (Å²) >= 11 is 0. The first-order valence-corrected chi connectivity index (χ1v) is 12.5. The van der Waals surface area contributed by atoms with Crippen LogP contribution < -0.4 is 10.6 Å². The smallest absolute Gasteiger partial charge is 0.221 e. The Hall–Kier alpha value is -4.29. The van der Waals surface area contributed by atoms with Gasteiger partial charge in [0.05, 0.1) is 22.0 Å². The van der Waals surface area contributed by atoms with Crippen LogP contribution in [0.4, 0.5) is 11.5 Å². The summed E-state index contributed by atoms with van der Waals surface area (Å²) in [5.74, 6) is -0.0159. The summed E-state index contributed by atoms with van der Waals surface area (Å²) in [6.45, 7) is 1.84. The van der Waals surface area contributed by atoms with Crippen LogP contribution in [0.5, 0.6) is 0 Å². The van der Waals surface area contributed by atoms with E-state index in [2.05, 4.69) is 20.6 Å². The molecule has 4 rings (SSSR count). The number of carbonyl (C=O) groups excluding carboxylic acids is 1. The largest absolute Gasteiger partial charge is 0.368 e. The molecular formula is C26H23N5O3S. The Morgan fingerprint density at radius 2 is 1.57 bits per heavy atom. The highest BCUT2D eigenvalue weighted by atomic mass is 32.2. The van der Waals surface area contributed by atoms with Gasteiger partial charge in [-0.3, -0.25) is 4.79 Å². The number of amides is 1. The van der Waals surface area contributed by atoms with Crippen molar-refractivity contribution in [3.63, 3.8) is 0 Å². The van der Waals surface area contributed by atoms with Crippen molar-refractivity contribution < 1.29 is 13.2 Å². The van der Waals surface area contributed by atoms with E-state index in [9.17, 15) is 18.5 Å². The van der Waals surface area contributed by atoms with Crippen LogP contribution in [0.3, 0.4) is 0 Å². The first-order valence-electron chi connectivity index (χ1n) is 10.9. The van der Waals surface area contributed by atoms with E-state index in [0.717, 1.165) is 5.56 Å². The van der Waals surface area contributed by atoms with Crippen LogP contribution in [-0.4, -0.2) is 30.8 Å². The highest BCUT2D eigenvalue weighted by molar-refractivity contribution is 7.92. The molecule has 9 heteroatoms. The molecule has 1 heterocycles. The number of nitrogens with zero attached hydrogens (tertiary/aromatic N) is 3. The Kier molecular flexibility index (Phi) is 7.03. The van der Waals surface area contributed by atoms with Crippen LogP contribution >= 0.6 is 0 Å². The SMILES string of the molecule is CC(=O)Nc1ccc(S(=O)(=O)C(C#N)c2nc3ccccc3nc2NCCc2ccccc2)cc1. The summed E-state index contributed by atoms with van der Waals surface area (Å²) in [4.78, 5) is 20.3. The molecule has 0 bridgehead atoms. The standard InChI is InChI=1S/C26H23N5O3S/c1-18(32)29-20-11-13-21(14-12-20)35(33,34)24(17-27)25-26(28-16-15-19-7-3-2-4-8-19)31-23-10-6-5-9-22(23)30-25/h2-14,24H,15-16H2,1H3,(H,28,31)(H,29,32). The molecule has 176 valence electrons. The lowest BCUT2D eigenvalue weighted by Crippen LogP contribution is -2.18. The molecule has 0 spiro atoms. The first-order chi connectivity index (χ1) is 16.9. The molecular weight excluding hydrogens is 462 g/mol. The molecule has 0 saturated heterocycles. The molecule has 1 aromatic heterocycles. The quantitative estimate of drug-likeness (QED) is 0.381. The highest BCUT2D eigenvalue weighted by Crippen LogP contribution is 2.32. The van der Waals surface area contributed by atoms with Crippen molar-refractivity contribution in [3.05, 3.63) is 90.1 Å².